The second kappa shape index (κ2) is 4.50. The Morgan fingerprint density at radius 2 is 2.00 bits per heavy atom. The first-order chi connectivity index (χ1) is 5.34. The molecule has 0 N–H and O–H groups in total. The minimum atomic E-state index is 0.650. The van der Waals surface area contributed by atoms with E-state index in [9.17, 15) is 0 Å². The molecule has 0 fully saturated rings. The molecule has 0 aromatic carbocycles. The van der Waals surface area contributed by atoms with Crippen molar-refractivity contribution in [2.24, 2.45) is 0 Å². The van der Waals surface area contributed by atoms with Gasteiger partial charge in [0.25, 0.3) is 0 Å². The standard InChI is InChI=1S/C9H15NS/c1-9(5-8-11-2)10-6-3-4-7-10/h3-4,6-7,9H,5,8H2,1-2H3. The van der Waals surface area contributed by atoms with E-state index in [-0.39, 0.29) is 0 Å². The predicted molar refractivity (Wildman–Crippen MR) is 52.1 cm³/mol. The van der Waals surface area contributed by atoms with Crippen molar-refractivity contribution in [3.8, 4) is 0 Å². The summed E-state index contributed by atoms with van der Waals surface area (Å²) < 4.78 is 2.26. The summed E-state index contributed by atoms with van der Waals surface area (Å²) in [6, 6.07) is 4.81. The minimum Gasteiger partial charge on any atom is -0.352 e. The average Bonchev–Trinajstić information content (AvgIpc) is 2.52. The van der Waals surface area contributed by atoms with Crippen LogP contribution in [0, 0.1) is 0 Å². The topological polar surface area (TPSA) is 4.93 Å². The SMILES string of the molecule is CSCCC(C)n1cccc1. The number of hydrogen-bond acceptors (Lipinski definition) is 1. The second-order valence-electron chi connectivity index (χ2n) is 2.76. The largest absolute Gasteiger partial charge is 0.352 e. The molecule has 0 aliphatic carbocycles. The lowest BCUT2D eigenvalue weighted by Crippen LogP contribution is -2.02. The Hall–Kier alpha value is -0.370. The van der Waals surface area contributed by atoms with E-state index < -0.39 is 0 Å². The van der Waals surface area contributed by atoms with Crippen molar-refractivity contribution in [3.05, 3.63) is 24.5 Å². The van der Waals surface area contributed by atoms with E-state index in [0.29, 0.717) is 6.04 Å². The molecular formula is C9H15NS. The van der Waals surface area contributed by atoms with E-state index in [1.54, 1.807) is 0 Å². The molecule has 0 aliphatic rings. The van der Waals surface area contributed by atoms with Crippen LogP contribution in [0.3, 0.4) is 0 Å². The first-order valence-electron chi connectivity index (χ1n) is 3.96. The molecule has 0 saturated carbocycles. The molecule has 0 saturated heterocycles. The number of thioether (sulfide) groups is 1. The van der Waals surface area contributed by atoms with Crippen molar-refractivity contribution in [2.75, 3.05) is 12.0 Å². The van der Waals surface area contributed by atoms with Crippen LogP contribution >= 0.6 is 11.8 Å². The molecule has 0 bridgehead atoms. The molecule has 0 aliphatic heterocycles. The lowest BCUT2D eigenvalue weighted by molar-refractivity contribution is 0.537. The zero-order valence-electron chi connectivity index (χ0n) is 7.16. The average molecular weight is 169 g/mol. The molecule has 1 heterocycles. The third-order valence-electron chi connectivity index (χ3n) is 1.88. The van der Waals surface area contributed by atoms with Gasteiger partial charge in [-0.25, -0.2) is 0 Å². The third-order valence-corrected chi connectivity index (χ3v) is 2.52. The zero-order valence-corrected chi connectivity index (χ0v) is 7.97. The summed E-state index contributed by atoms with van der Waals surface area (Å²) in [6.45, 7) is 2.26. The summed E-state index contributed by atoms with van der Waals surface area (Å²) in [5.41, 5.74) is 0. The van der Waals surface area contributed by atoms with Gasteiger partial charge in [0.1, 0.15) is 0 Å². The minimum absolute atomic E-state index is 0.650. The molecule has 1 aromatic heterocycles. The molecular weight excluding hydrogens is 154 g/mol. The molecule has 11 heavy (non-hydrogen) atoms. The van der Waals surface area contributed by atoms with Crippen LogP contribution in [0.5, 0.6) is 0 Å². The van der Waals surface area contributed by atoms with Gasteiger partial charge in [-0.3, -0.25) is 0 Å². The monoisotopic (exact) mass is 169 g/mol. The van der Waals surface area contributed by atoms with Crippen LogP contribution in [0.15, 0.2) is 24.5 Å². The third kappa shape index (κ3) is 2.62. The lowest BCUT2D eigenvalue weighted by Gasteiger charge is -2.11. The van der Waals surface area contributed by atoms with Gasteiger partial charge < -0.3 is 4.57 Å². The van der Waals surface area contributed by atoms with Gasteiger partial charge in [0, 0.05) is 18.4 Å². The highest BCUT2D eigenvalue weighted by atomic mass is 32.2. The van der Waals surface area contributed by atoms with Gasteiger partial charge in [-0.05, 0) is 37.5 Å². The van der Waals surface area contributed by atoms with Gasteiger partial charge >= 0.3 is 0 Å². The van der Waals surface area contributed by atoms with Crippen LogP contribution in [0.4, 0.5) is 0 Å². The summed E-state index contributed by atoms with van der Waals surface area (Å²) in [7, 11) is 0. The number of nitrogens with zero attached hydrogens (tertiary/aromatic N) is 1. The van der Waals surface area contributed by atoms with Crippen LogP contribution in [-0.4, -0.2) is 16.6 Å². The molecule has 1 rings (SSSR count). The molecule has 1 atom stereocenters. The van der Waals surface area contributed by atoms with Crippen molar-refractivity contribution in [3.63, 3.8) is 0 Å². The van der Waals surface area contributed by atoms with Crippen LogP contribution in [-0.2, 0) is 0 Å². The van der Waals surface area contributed by atoms with E-state index >= 15 is 0 Å². The summed E-state index contributed by atoms with van der Waals surface area (Å²) in [5, 5.41) is 0. The van der Waals surface area contributed by atoms with Crippen molar-refractivity contribution in [2.45, 2.75) is 19.4 Å². The van der Waals surface area contributed by atoms with Gasteiger partial charge in [0.2, 0.25) is 0 Å². The van der Waals surface area contributed by atoms with Crippen molar-refractivity contribution in [1.82, 2.24) is 4.57 Å². The maximum Gasteiger partial charge on any atom is 0.0310 e. The Balaban J connectivity index is 2.36. The van der Waals surface area contributed by atoms with Gasteiger partial charge in [-0.2, -0.15) is 11.8 Å². The molecule has 1 nitrogen and oxygen atoms in total. The molecule has 0 amide bonds. The van der Waals surface area contributed by atoms with Crippen LogP contribution in [0.1, 0.15) is 19.4 Å². The van der Waals surface area contributed by atoms with Crippen LogP contribution in [0.2, 0.25) is 0 Å². The smallest absolute Gasteiger partial charge is 0.0310 e. The van der Waals surface area contributed by atoms with Crippen molar-refractivity contribution < 1.29 is 0 Å². The normalized spacial score (nSPS) is 13.3. The first kappa shape index (κ1) is 8.72. The summed E-state index contributed by atoms with van der Waals surface area (Å²) in [5.74, 6) is 1.25. The predicted octanol–water partition coefficient (Wildman–Crippen LogP) is 2.80. The Kier molecular flexibility index (Phi) is 3.57. The van der Waals surface area contributed by atoms with E-state index in [0.717, 1.165) is 0 Å². The highest BCUT2D eigenvalue weighted by molar-refractivity contribution is 7.98. The van der Waals surface area contributed by atoms with Crippen LogP contribution in [0.25, 0.3) is 0 Å². The fraction of sp³-hybridized carbons (Fsp3) is 0.556. The van der Waals surface area contributed by atoms with E-state index in [1.165, 1.54) is 12.2 Å². The highest BCUT2D eigenvalue weighted by Crippen LogP contribution is 2.12. The van der Waals surface area contributed by atoms with Crippen LogP contribution < -0.4 is 0 Å². The molecule has 0 radical (unpaired) electrons. The quantitative estimate of drug-likeness (QED) is 0.671. The fourth-order valence-corrected chi connectivity index (χ4v) is 1.66. The lowest BCUT2D eigenvalue weighted by atomic mass is 10.2. The van der Waals surface area contributed by atoms with Crippen molar-refractivity contribution >= 4 is 11.8 Å². The Bertz CT molecular complexity index is 181. The Morgan fingerprint density at radius 1 is 1.36 bits per heavy atom. The van der Waals surface area contributed by atoms with Crippen molar-refractivity contribution in [1.29, 1.82) is 0 Å². The maximum absolute atomic E-state index is 2.26. The maximum atomic E-state index is 2.26. The molecule has 1 aromatic rings. The summed E-state index contributed by atoms with van der Waals surface area (Å²) in [6.07, 6.45) is 7.67. The van der Waals surface area contributed by atoms with Gasteiger partial charge in [0.15, 0.2) is 0 Å². The van der Waals surface area contributed by atoms with E-state index in [2.05, 4.69) is 42.3 Å². The van der Waals surface area contributed by atoms with Gasteiger partial charge in [-0.15, -0.1) is 0 Å². The number of hydrogen-bond donors (Lipinski definition) is 0. The molecule has 62 valence electrons. The fourth-order valence-electron chi connectivity index (χ4n) is 1.08. The van der Waals surface area contributed by atoms with E-state index in [4.69, 9.17) is 0 Å². The molecule has 2 heteroatoms. The summed E-state index contributed by atoms with van der Waals surface area (Å²) >= 11 is 1.91. The van der Waals surface area contributed by atoms with Gasteiger partial charge in [0.05, 0.1) is 0 Å². The Morgan fingerprint density at radius 3 is 2.55 bits per heavy atom. The zero-order chi connectivity index (χ0) is 8.10. The molecule has 0 spiro atoms. The van der Waals surface area contributed by atoms with E-state index in [1.807, 2.05) is 11.8 Å². The number of aromatic nitrogens is 1. The number of rotatable bonds is 4. The Labute approximate surface area is 72.8 Å². The highest BCUT2D eigenvalue weighted by Gasteiger charge is 2.00. The van der Waals surface area contributed by atoms with Gasteiger partial charge in [-0.1, -0.05) is 0 Å². The summed E-state index contributed by atoms with van der Waals surface area (Å²) in [4.78, 5) is 0. The second-order valence-corrected chi connectivity index (χ2v) is 3.75. The first-order valence-corrected chi connectivity index (χ1v) is 5.35. The molecule has 1 unspecified atom stereocenters.